The number of carbonyl (C=O) groups is 1. The number of nitrogens with zero attached hydrogens (tertiary/aromatic N) is 3. The molecular weight excluding hydrogens is 392 g/mol. The van der Waals surface area contributed by atoms with Crippen LogP contribution in [0, 0.1) is 10.1 Å². The molecule has 8 nitrogen and oxygen atoms in total. The Morgan fingerprint density at radius 2 is 1.93 bits per heavy atom. The predicted octanol–water partition coefficient (Wildman–Crippen LogP) is 3.32. The Morgan fingerprint density at radius 3 is 2.66 bits per heavy atom. The van der Waals surface area contributed by atoms with E-state index in [4.69, 9.17) is 4.74 Å². The van der Waals surface area contributed by atoms with Crippen LogP contribution in [0.1, 0.15) is 5.56 Å². The van der Waals surface area contributed by atoms with Crippen molar-refractivity contribution in [2.45, 2.75) is 0 Å². The highest BCUT2D eigenvalue weighted by molar-refractivity contribution is 8.18. The third kappa shape index (κ3) is 4.47. The van der Waals surface area contributed by atoms with Crippen LogP contribution in [0.25, 0.3) is 6.08 Å². The lowest BCUT2D eigenvalue weighted by atomic mass is 10.1. The first-order valence-electron chi connectivity index (χ1n) is 9.06. The number of thioether (sulfide) groups is 1. The number of amidine groups is 1. The third-order valence-electron chi connectivity index (χ3n) is 4.50. The van der Waals surface area contributed by atoms with Crippen molar-refractivity contribution in [3.8, 4) is 0 Å². The number of nitrogens with one attached hydrogen (secondary N) is 1. The minimum absolute atomic E-state index is 0.0181. The van der Waals surface area contributed by atoms with Gasteiger partial charge in [0.15, 0.2) is 5.17 Å². The highest BCUT2D eigenvalue weighted by atomic mass is 32.2. The summed E-state index contributed by atoms with van der Waals surface area (Å²) in [5.74, 6) is -0.274. The molecule has 2 saturated heterocycles. The minimum Gasteiger partial charge on any atom is -0.378 e. The Morgan fingerprint density at radius 1 is 1.17 bits per heavy atom. The Balaban J connectivity index is 1.67. The van der Waals surface area contributed by atoms with Crippen molar-refractivity contribution in [1.29, 1.82) is 0 Å². The summed E-state index contributed by atoms with van der Waals surface area (Å²) >= 11 is 1.22. The van der Waals surface area contributed by atoms with Gasteiger partial charge in [0.2, 0.25) is 0 Å². The van der Waals surface area contributed by atoms with Gasteiger partial charge in [-0.05, 0) is 36.0 Å². The van der Waals surface area contributed by atoms with E-state index in [-0.39, 0.29) is 11.6 Å². The van der Waals surface area contributed by atoms with Crippen LogP contribution in [0.3, 0.4) is 0 Å². The number of hydrogen-bond acceptors (Lipinski definition) is 7. The molecule has 1 amide bonds. The normalized spacial score (nSPS) is 19.6. The van der Waals surface area contributed by atoms with Gasteiger partial charge in [0, 0.05) is 36.5 Å². The van der Waals surface area contributed by atoms with Gasteiger partial charge >= 0.3 is 0 Å². The molecule has 2 aromatic rings. The van der Waals surface area contributed by atoms with E-state index in [0.29, 0.717) is 41.9 Å². The number of morpholine rings is 1. The molecule has 0 aromatic heterocycles. The maximum absolute atomic E-state index is 12.4. The second-order valence-electron chi connectivity index (χ2n) is 6.42. The van der Waals surface area contributed by atoms with Crippen molar-refractivity contribution >= 4 is 46.0 Å². The second-order valence-corrected chi connectivity index (χ2v) is 7.45. The monoisotopic (exact) mass is 410 g/mol. The van der Waals surface area contributed by atoms with Gasteiger partial charge in [-0.1, -0.05) is 18.2 Å². The Hall–Kier alpha value is -3.17. The van der Waals surface area contributed by atoms with Crippen molar-refractivity contribution in [3.05, 3.63) is 69.1 Å². The molecule has 2 aromatic carbocycles. The number of para-hydroxylation sites is 1. The molecule has 2 aliphatic rings. The van der Waals surface area contributed by atoms with E-state index in [0.717, 1.165) is 11.4 Å². The summed E-state index contributed by atoms with van der Waals surface area (Å²) in [7, 11) is 0. The van der Waals surface area contributed by atoms with Crippen LogP contribution >= 0.6 is 11.8 Å². The lowest BCUT2D eigenvalue weighted by Crippen LogP contribution is -2.36. The van der Waals surface area contributed by atoms with Crippen LogP contribution in [0.2, 0.25) is 0 Å². The zero-order chi connectivity index (χ0) is 20.2. The van der Waals surface area contributed by atoms with Gasteiger partial charge in [-0.25, -0.2) is 4.99 Å². The zero-order valence-corrected chi connectivity index (χ0v) is 16.2. The van der Waals surface area contributed by atoms with Gasteiger partial charge in [0.1, 0.15) is 0 Å². The van der Waals surface area contributed by atoms with E-state index in [2.05, 4.69) is 15.2 Å². The first-order valence-corrected chi connectivity index (χ1v) is 9.87. The minimum atomic E-state index is -0.435. The van der Waals surface area contributed by atoms with Gasteiger partial charge in [-0.2, -0.15) is 0 Å². The number of non-ortho nitro benzene ring substituents is 1. The molecule has 0 saturated carbocycles. The molecule has 1 N–H and O–H groups in total. The summed E-state index contributed by atoms with van der Waals surface area (Å²) in [5.41, 5.74) is 2.18. The summed E-state index contributed by atoms with van der Waals surface area (Å²) < 4.78 is 5.39. The van der Waals surface area contributed by atoms with Gasteiger partial charge in [0.05, 0.1) is 28.7 Å². The standard InChI is InChI=1S/C20H18N4O4S/c25-19-18(29-20(22-19)21-15-4-2-1-3-5-15)13-14-12-16(24(26)27)6-7-17(14)23-8-10-28-11-9-23/h1-7,12-13H,8-11H2,(H,21,22,25). The van der Waals surface area contributed by atoms with Crippen LogP contribution in [0.15, 0.2) is 58.4 Å². The topological polar surface area (TPSA) is 97.1 Å². The average molecular weight is 410 g/mol. The molecule has 4 rings (SSSR count). The Kier molecular flexibility index (Phi) is 5.59. The molecule has 0 spiro atoms. The van der Waals surface area contributed by atoms with E-state index in [1.807, 2.05) is 30.3 Å². The molecule has 9 heteroatoms. The molecule has 2 heterocycles. The number of aliphatic imine (C=N–C) groups is 1. The average Bonchev–Trinajstić information content (AvgIpc) is 3.08. The van der Waals surface area contributed by atoms with E-state index in [1.165, 1.54) is 23.9 Å². The molecule has 0 bridgehead atoms. The number of amides is 1. The molecule has 2 aliphatic heterocycles. The molecule has 0 aliphatic carbocycles. The molecule has 0 radical (unpaired) electrons. The smallest absolute Gasteiger partial charge is 0.270 e. The maximum Gasteiger partial charge on any atom is 0.270 e. The van der Waals surface area contributed by atoms with Gasteiger partial charge in [-0.3, -0.25) is 14.9 Å². The van der Waals surface area contributed by atoms with Crippen LogP contribution in [0.5, 0.6) is 0 Å². The predicted molar refractivity (Wildman–Crippen MR) is 113 cm³/mol. The first-order chi connectivity index (χ1) is 14.1. The summed E-state index contributed by atoms with van der Waals surface area (Å²) in [5, 5.41) is 14.5. The van der Waals surface area contributed by atoms with Crippen LogP contribution < -0.4 is 10.2 Å². The van der Waals surface area contributed by atoms with Gasteiger partial charge in [-0.15, -0.1) is 0 Å². The SMILES string of the molecule is O=C1NC(=Nc2ccccc2)SC1=Cc1cc([N+](=O)[O-])ccc1N1CCOCC1. The Labute approximate surface area is 171 Å². The highest BCUT2D eigenvalue weighted by Crippen LogP contribution is 2.33. The van der Waals surface area contributed by atoms with Crippen LogP contribution in [-0.4, -0.2) is 42.3 Å². The summed E-state index contributed by atoms with van der Waals surface area (Å²) in [6.45, 7) is 2.56. The number of nitro groups is 1. The lowest BCUT2D eigenvalue weighted by Gasteiger charge is -2.30. The number of anilines is 1. The fraction of sp³-hybridized carbons (Fsp3) is 0.200. The number of nitro benzene ring substituents is 1. The number of benzene rings is 2. The van der Waals surface area contributed by atoms with Crippen molar-refractivity contribution in [3.63, 3.8) is 0 Å². The van der Waals surface area contributed by atoms with Crippen molar-refractivity contribution in [2.24, 2.45) is 4.99 Å². The second kappa shape index (κ2) is 8.46. The van der Waals surface area contributed by atoms with Crippen LogP contribution in [0.4, 0.5) is 17.1 Å². The van der Waals surface area contributed by atoms with E-state index in [9.17, 15) is 14.9 Å². The maximum atomic E-state index is 12.4. The van der Waals surface area contributed by atoms with Crippen molar-refractivity contribution < 1.29 is 14.5 Å². The van der Waals surface area contributed by atoms with Gasteiger partial charge in [0.25, 0.3) is 11.6 Å². The summed E-state index contributed by atoms with van der Waals surface area (Å²) in [6.07, 6.45) is 1.69. The number of ether oxygens (including phenoxy) is 1. The molecule has 29 heavy (non-hydrogen) atoms. The first kappa shape index (κ1) is 19.2. The number of rotatable bonds is 4. The van der Waals surface area contributed by atoms with Crippen LogP contribution in [-0.2, 0) is 9.53 Å². The Bertz CT molecular complexity index is 1000. The van der Waals surface area contributed by atoms with Gasteiger partial charge < -0.3 is 15.0 Å². The van der Waals surface area contributed by atoms with Crippen molar-refractivity contribution in [1.82, 2.24) is 5.32 Å². The van der Waals surface area contributed by atoms with Crippen molar-refractivity contribution in [2.75, 3.05) is 31.2 Å². The molecule has 0 atom stereocenters. The summed E-state index contributed by atoms with van der Waals surface area (Å²) in [6, 6.07) is 14.0. The highest BCUT2D eigenvalue weighted by Gasteiger charge is 2.25. The number of hydrogen-bond donors (Lipinski definition) is 1. The molecule has 0 unspecified atom stereocenters. The summed E-state index contributed by atoms with van der Waals surface area (Å²) in [4.78, 5) is 30.2. The quantitative estimate of drug-likeness (QED) is 0.472. The molecule has 2 fully saturated rings. The molecular formula is C20H18N4O4S. The zero-order valence-electron chi connectivity index (χ0n) is 15.4. The fourth-order valence-electron chi connectivity index (χ4n) is 3.10. The van der Waals surface area contributed by atoms with E-state index in [1.54, 1.807) is 12.1 Å². The fourth-order valence-corrected chi connectivity index (χ4v) is 3.94. The molecule has 148 valence electrons. The third-order valence-corrected chi connectivity index (χ3v) is 5.41. The lowest BCUT2D eigenvalue weighted by molar-refractivity contribution is -0.384. The number of carbonyl (C=O) groups excluding carboxylic acids is 1. The van der Waals surface area contributed by atoms with E-state index >= 15 is 0 Å². The largest absolute Gasteiger partial charge is 0.378 e. The van der Waals surface area contributed by atoms with E-state index < -0.39 is 4.92 Å².